The zero-order chi connectivity index (χ0) is 13.8. The van der Waals surface area contributed by atoms with E-state index in [9.17, 15) is 0 Å². The Balaban J connectivity index is 1.65. The van der Waals surface area contributed by atoms with E-state index < -0.39 is 0 Å². The number of aromatic nitrogens is 2. The number of anilines is 2. The zero-order valence-corrected chi connectivity index (χ0v) is 11.8. The van der Waals surface area contributed by atoms with Crippen LogP contribution in [0.2, 0.25) is 0 Å². The van der Waals surface area contributed by atoms with Crippen LogP contribution in [0, 0.1) is 6.92 Å². The van der Waals surface area contributed by atoms with Crippen LogP contribution in [-0.4, -0.2) is 23.1 Å². The highest BCUT2D eigenvalue weighted by Gasteiger charge is 2.13. The average molecular weight is 268 g/mol. The highest BCUT2D eigenvalue weighted by atomic mass is 15.2. The summed E-state index contributed by atoms with van der Waals surface area (Å²) in [5.41, 5.74) is 2.52. The fraction of sp³-hybridized carbons (Fsp3) is 0.375. The number of hydrogen-bond acceptors (Lipinski definition) is 4. The van der Waals surface area contributed by atoms with Gasteiger partial charge in [-0.25, -0.2) is 4.98 Å². The van der Waals surface area contributed by atoms with Crippen LogP contribution < -0.4 is 10.2 Å². The average Bonchev–Trinajstić information content (AvgIpc) is 3.01. The molecule has 1 aromatic carbocycles. The van der Waals surface area contributed by atoms with E-state index in [2.05, 4.69) is 51.4 Å². The van der Waals surface area contributed by atoms with Gasteiger partial charge in [0, 0.05) is 25.8 Å². The highest BCUT2D eigenvalue weighted by Crippen LogP contribution is 2.18. The van der Waals surface area contributed by atoms with Crippen LogP contribution in [0.1, 0.15) is 24.0 Å². The van der Waals surface area contributed by atoms with Crippen molar-refractivity contribution in [2.24, 2.45) is 0 Å². The van der Waals surface area contributed by atoms with Gasteiger partial charge in [-0.1, -0.05) is 29.8 Å². The lowest BCUT2D eigenvalue weighted by molar-refractivity contribution is 0.923. The molecule has 1 saturated heterocycles. The molecule has 1 fully saturated rings. The molecule has 3 rings (SSSR count). The van der Waals surface area contributed by atoms with Crippen molar-refractivity contribution in [1.29, 1.82) is 0 Å². The van der Waals surface area contributed by atoms with E-state index in [0.29, 0.717) is 5.95 Å². The number of nitrogens with zero attached hydrogens (tertiary/aromatic N) is 3. The predicted molar refractivity (Wildman–Crippen MR) is 82.0 cm³/mol. The fourth-order valence-corrected chi connectivity index (χ4v) is 2.44. The minimum atomic E-state index is 0.704. The van der Waals surface area contributed by atoms with Crippen molar-refractivity contribution in [1.82, 2.24) is 9.97 Å². The van der Waals surface area contributed by atoms with E-state index in [4.69, 9.17) is 0 Å². The summed E-state index contributed by atoms with van der Waals surface area (Å²) in [6.07, 6.45) is 4.35. The minimum absolute atomic E-state index is 0.704. The van der Waals surface area contributed by atoms with Crippen LogP contribution in [0.3, 0.4) is 0 Å². The summed E-state index contributed by atoms with van der Waals surface area (Å²) in [6, 6.07) is 10.5. The van der Waals surface area contributed by atoms with E-state index >= 15 is 0 Å². The molecule has 0 radical (unpaired) electrons. The Morgan fingerprint density at radius 2 is 1.85 bits per heavy atom. The van der Waals surface area contributed by atoms with E-state index in [1.807, 2.05) is 12.3 Å². The van der Waals surface area contributed by atoms with Gasteiger partial charge in [0.15, 0.2) is 0 Å². The first-order valence-electron chi connectivity index (χ1n) is 7.19. The predicted octanol–water partition coefficient (Wildman–Crippen LogP) is 3.00. The first kappa shape index (κ1) is 12.9. The highest BCUT2D eigenvalue weighted by molar-refractivity contribution is 5.43. The van der Waals surface area contributed by atoms with Gasteiger partial charge in [-0.15, -0.1) is 0 Å². The monoisotopic (exact) mass is 268 g/mol. The fourth-order valence-electron chi connectivity index (χ4n) is 2.44. The summed E-state index contributed by atoms with van der Waals surface area (Å²) >= 11 is 0. The summed E-state index contributed by atoms with van der Waals surface area (Å²) in [7, 11) is 0. The van der Waals surface area contributed by atoms with Gasteiger partial charge in [0.1, 0.15) is 5.82 Å². The summed E-state index contributed by atoms with van der Waals surface area (Å²) in [5, 5.41) is 3.30. The normalized spacial score (nSPS) is 14.6. The molecular weight excluding hydrogens is 248 g/mol. The summed E-state index contributed by atoms with van der Waals surface area (Å²) in [6.45, 7) is 5.06. The summed E-state index contributed by atoms with van der Waals surface area (Å²) in [5.74, 6) is 1.74. The van der Waals surface area contributed by atoms with Crippen LogP contribution in [0.4, 0.5) is 11.8 Å². The lowest BCUT2D eigenvalue weighted by atomic mass is 10.1. The topological polar surface area (TPSA) is 41.1 Å². The second-order valence-corrected chi connectivity index (χ2v) is 5.27. The summed E-state index contributed by atoms with van der Waals surface area (Å²) in [4.78, 5) is 11.2. The molecule has 0 saturated carbocycles. The van der Waals surface area contributed by atoms with Gasteiger partial charge in [-0.2, -0.15) is 4.98 Å². The lowest BCUT2D eigenvalue weighted by Gasteiger charge is -2.16. The van der Waals surface area contributed by atoms with Crippen molar-refractivity contribution in [3.05, 3.63) is 47.7 Å². The summed E-state index contributed by atoms with van der Waals surface area (Å²) < 4.78 is 0. The lowest BCUT2D eigenvalue weighted by Crippen LogP contribution is -2.19. The molecule has 1 N–H and O–H groups in total. The molecule has 4 nitrogen and oxygen atoms in total. The SMILES string of the molecule is Cc1ccc(CNc2nccc(N3CCCC3)n2)cc1. The van der Waals surface area contributed by atoms with Crippen molar-refractivity contribution in [3.63, 3.8) is 0 Å². The molecule has 20 heavy (non-hydrogen) atoms. The molecule has 2 heterocycles. The van der Waals surface area contributed by atoms with Gasteiger partial charge < -0.3 is 10.2 Å². The first-order chi connectivity index (χ1) is 9.81. The second kappa shape index (κ2) is 5.90. The maximum Gasteiger partial charge on any atom is 0.224 e. The molecule has 0 amide bonds. The third-order valence-electron chi connectivity index (χ3n) is 3.64. The third kappa shape index (κ3) is 3.07. The molecule has 2 aromatic rings. The van der Waals surface area contributed by atoms with Crippen LogP contribution >= 0.6 is 0 Å². The maximum absolute atomic E-state index is 4.59. The van der Waals surface area contributed by atoms with Gasteiger partial charge in [0.25, 0.3) is 0 Å². The standard InChI is InChI=1S/C16H20N4/c1-13-4-6-14(7-5-13)12-18-16-17-9-8-15(19-16)20-10-2-3-11-20/h4-9H,2-3,10-12H2,1H3,(H,17,18,19). The van der Waals surface area contributed by atoms with Crippen molar-refractivity contribution in [2.75, 3.05) is 23.3 Å². The van der Waals surface area contributed by atoms with Gasteiger partial charge in [0.05, 0.1) is 0 Å². The minimum Gasteiger partial charge on any atom is -0.356 e. The molecular formula is C16H20N4. The number of benzene rings is 1. The van der Waals surface area contributed by atoms with Crippen molar-refractivity contribution in [2.45, 2.75) is 26.3 Å². The molecule has 0 spiro atoms. The van der Waals surface area contributed by atoms with Gasteiger partial charge in [0.2, 0.25) is 5.95 Å². The Bertz CT molecular complexity index is 559. The number of aryl methyl sites for hydroxylation is 1. The quantitative estimate of drug-likeness (QED) is 0.925. The third-order valence-corrected chi connectivity index (χ3v) is 3.64. The molecule has 1 aliphatic rings. The molecule has 1 aromatic heterocycles. The van der Waals surface area contributed by atoms with Crippen LogP contribution in [0.15, 0.2) is 36.5 Å². The second-order valence-electron chi connectivity index (χ2n) is 5.27. The Labute approximate surface area is 119 Å². The molecule has 0 aliphatic carbocycles. The van der Waals surface area contributed by atoms with Crippen molar-refractivity contribution in [3.8, 4) is 0 Å². The number of rotatable bonds is 4. The molecule has 4 heteroatoms. The van der Waals surface area contributed by atoms with Crippen molar-refractivity contribution >= 4 is 11.8 Å². The Kier molecular flexibility index (Phi) is 3.81. The molecule has 0 atom stereocenters. The first-order valence-corrected chi connectivity index (χ1v) is 7.19. The van der Waals surface area contributed by atoms with Gasteiger partial charge in [-0.3, -0.25) is 0 Å². The van der Waals surface area contributed by atoms with E-state index in [1.54, 1.807) is 0 Å². The van der Waals surface area contributed by atoms with E-state index in [-0.39, 0.29) is 0 Å². The molecule has 1 aliphatic heterocycles. The Morgan fingerprint density at radius 1 is 1.10 bits per heavy atom. The van der Waals surface area contributed by atoms with Gasteiger partial charge in [-0.05, 0) is 31.4 Å². The Hall–Kier alpha value is -2.10. The number of hydrogen-bond donors (Lipinski definition) is 1. The van der Waals surface area contributed by atoms with Gasteiger partial charge >= 0.3 is 0 Å². The smallest absolute Gasteiger partial charge is 0.224 e. The van der Waals surface area contributed by atoms with Crippen LogP contribution in [0.25, 0.3) is 0 Å². The van der Waals surface area contributed by atoms with Crippen molar-refractivity contribution < 1.29 is 0 Å². The molecule has 0 unspecified atom stereocenters. The molecule has 0 bridgehead atoms. The van der Waals surface area contributed by atoms with Crippen LogP contribution in [0.5, 0.6) is 0 Å². The largest absolute Gasteiger partial charge is 0.356 e. The van der Waals surface area contributed by atoms with E-state index in [1.165, 1.54) is 24.0 Å². The Morgan fingerprint density at radius 3 is 2.60 bits per heavy atom. The maximum atomic E-state index is 4.59. The van der Waals surface area contributed by atoms with Crippen LogP contribution in [-0.2, 0) is 6.54 Å². The molecule has 104 valence electrons. The zero-order valence-electron chi connectivity index (χ0n) is 11.8. The van der Waals surface area contributed by atoms with E-state index in [0.717, 1.165) is 25.5 Å². The number of nitrogens with one attached hydrogen (secondary N) is 1.